The Balaban J connectivity index is 1.44. The normalized spacial score (nSPS) is 12.5. The van der Waals surface area contributed by atoms with Crippen LogP contribution in [0.2, 0.25) is 0 Å². The standard InChI is InChI=1S/C21H22N4O3S3/c1-3-9-25-16(11-13-6-5-10-29-13)23-24-21(25)30-12-17(26)22-19-18(20(27)28-2)14-7-4-8-15(14)31-19/h3,5-6,10H,1,4,7-9,11-12H2,2H3,(H,22,26). The third kappa shape index (κ3) is 4.76. The molecule has 4 rings (SSSR count). The molecule has 3 aromatic heterocycles. The Bertz CT molecular complexity index is 1100. The van der Waals surface area contributed by atoms with Gasteiger partial charge in [0, 0.05) is 22.7 Å². The Kier molecular flexibility index (Phi) is 6.89. The SMILES string of the molecule is C=CCn1c(Cc2cccs2)nnc1SCC(=O)Nc1sc2c(c1C(=O)OC)CCC2. The van der Waals surface area contributed by atoms with Gasteiger partial charge in [-0.2, -0.15) is 0 Å². The summed E-state index contributed by atoms with van der Waals surface area (Å²) in [6, 6.07) is 4.08. The molecule has 0 unspecified atom stereocenters. The van der Waals surface area contributed by atoms with Crippen molar-refractivity contribution < 1.29 is 14.3 Å². The van der Waals surface area contributed by atoms with Crippen LogP contribution in [0.25, 0.3) is 0 Å². The highest BCUT2D eigenvalue weighted by molar-refractivity contribution is 7.99. The van der Waals surface area contributed by atoms with Crippen LogP contribution < -0.4 is 5.32 Å². The van der Waals surface area contributed by atoms with Gasteiger partial charge in [0.05, 0.1) is 18.4 Å². The van der Waals surface area contributed by atoms with Crippen molar-refractivity contribution in [2.75, 3.05) is 18.2 Å². The smallest absolute Gasteiger partial charge is 0.341 e. The molecule has 0 saturated heterocycles. The highest BCUT2D eigenvalue weighted by atomic mass is 32.2. The van der Waals surface area contributed by atoms with Crippen LogP contribution in [-0.2, 0) is 35.3 Å². The summed E-state index contributed by atoms with van der Waals surface area (Å²) in [6.45, 7) is 4.39. The minimum Gasteiger partial charge on any atom is -0.465 e. The summed E-state index contributed by atoms with van der Waals surface area (Å²) in [7, 11) is 1.36. The van der Waals surface area contributed by atoms with Gasteiger partial charge in [0.25, 0.3) is 0 Å². The van der Waals surface area contributed by atoms with E-state index in [0.717, 1.165) is 35.5 Å². The summed E-state index contributed by atoms with van der Waals surface area (Å²) in [4.78, 5) is 27.3. The van der Waals surface area contributed by atoms with Crippen molar-refractivity contribution in [1.29, 1.82) is 0 Å². The van der Waals surface area contributed by atoms with Crippen LogP contribution >= 0.6 is 34.4 Å². The summed E-state index contributed by atoms with van der Waals surface area (Å²) in [5.41, 5.74) is 1.52. The lowest BCUT2D eigenvalue weighted by molar-refractivity contribution is -0.113. The Morgan fingerprint density at radius 2 is 2.26 bits per heavy atom. The molecule has 1 aliphatic carbocycles. The third-order valence-electron chi connectivity index (χ3n) is 4.91. The van der Waals surface area contributed by atoms with Crippen LogP contribution in [0.15, 0.2) is 35.3 Å². The van der Waals surface area contributed by atoms with Crippen molar-refractivity contribution >= 4 is 51.3 Å². The van der Waals surface area contributed by atoms with E-state index >= 15 is 0 Å². The number of aryl methyl sites for hydroxylation is 1. The molecule has 0 atom stereocenters. The molecule has 1 aliphatic rings. The molecule has 10 heteroatoms. The number of carbonyl (C=O) groups excluding carboxylic acids is 2. The van der Waals surface area contributed by atoms with E-state index in [4.69, 9.17) is 4.74 Å². The van der Waals surface area contributed by atoms with Crippen LogP contribution in [0.5, 0.6) is 0 Å². The molecule has 3 aromatic rings. The first kappa shape index (κ1) is 21.8. The molecule has 1 N–H and O–H groups in total. The molecule has 7 nitrogen and oxygen atoms in total. The first-order valence-corrected chi connectivity index (χ1v) is 12.5. The monoisotopic (exact) mass is 474 g/mol. The first-order valence-electron chi connectivity index (χ1n) is 9.81. The number of aromatic nitrogens is 3. The number of amides is 1. The second kappa shape index (κ2) is 9.80. The number of rotatable bonds is 9. The molecule has 0 aromatic carbocycles. The van der Waals surface area contributed by atoms with Crippen LogP contribution in [0.3, 0.4) is 0 Å². The molecule has 3 heterocycles. The highest BCUT2D eigenvalue weighted by Gasteiger charge is 2.28. The predicted octanol–water partition coefficient (Wildman–Crippen LogP) is 4.18. The van der Waals surface area contributed by atoms with E-state index in [1.165, 1.54) is 35.1 Å². The minimum absolute atomic E-state index is 0.164. The first-order chi connectivity index (χ1) is 15.1. The van der Waals surface area contributed by atoms with E-state index in [1.54, 1.807) is 17.4 Å². The number of fused-ring (bicyclic) bond motifs is 1. The zero-order valence-electron chi connectivity index (χ0n) is 17.1. The summed E-state index contributed by atoms with van der Waals surface area (Å²) in [5, 5.41) is 14.8. The van der Waals surface area contributed by atoms with Gasteiger partial charge in [-0.25, -0.2) is 4.79 Å². The van der Waals surface area contributed by atoms with E-state index in [2.05, 4.69) is 28.2 Å². The van der Waals surface area contributed by atoms with Gasteiger partial charge in [0.2, 0.25) is 5.91 Å². The fourth-order valence-electron chi connectivity index (χ4n) is 3.54. The fourth-order valence-corrected chi connectivity index (χ4v) is 6.30. The van der Waals surface area contributed by atoms with Gasteiger partial charge in [0.15, 0.2) is 5.16 Å². The van der Waals surface area contributed by atoms with Crippen molar-refractivity contribution in [2.45, 2.75) is 37.4 Å². The molecular formula is C21H22N4O3S3. The molecule has 0 bridgehead atoms. The number of nitrogens with one attached hydrogen (secondary N) is 1. The molecule has 0 radical (unpaired) electrons. The number of hydrogen-bond donors (Lipinski definition) is 1. The number of esters is 1. The molecule has 0 saturated carbocycles. The number of ether oxygens (including phenoxy) is 1. The Morgan fingerprint density at radius 3 is 3.00 bits per heavy atom. The van der Waals surface area contributed by atoms with E-state index < -0.39 is 5.97 Å². The van der Waals surface area contributed by atoms with Gasteiger partial charge in [0.1, 0.15) is 10.8 Å². The van der Waals surface area contributed by atoms with E-state index in [0.29, 0.717) is 28.7 Å². The maximum absolute atomic E-state index is 12.7. The number of methoxy groups -OCH3 is 1. The Morgan fingerprint density at radius 1 is 1.39 bits per heavy atom. The van der Waals surface area contributed by atoms with Crippen molar-refractivity contribution in [3.05, 3.63) is 56.9 Å². The average Bonchev–Trinajstić information content (AvgIpc) is 3.53. The number of allylic oxidation sites excluding steroid dienone is 1. The quantitative estimate of drug-likeness (QED) is 0.284. The number of hydrogen-bond acceptors (Lipinski definition) is 8. The van der Waals surface area contributed by atoms with Crippen LogP contribution in [0, 0.1) is 0 Å². The van der Waals surface area contributed by atoms with Gasteiger partial charge < -0.3 is 14.6 Å². The second-order valence-corrected chi connectivity index (χ2v) is 10.0. The number of thiophene rings is 2. The van der Waals surface area contributed by atoms with Crippen molar-refractivity contribution in [3.8, 4) is 0 Å². The molecule has 0 aliphatic heterocycles. The Hall–Kier alpha value is -2.43. The zero-order valence-corrected chi connectivity index (χ0v) is 19.5. The largest absolute Gasteiger partial charge is 0.465 e. The average molecular weight is 475 g/mol. The summed E-state index contributed by atoms with van der Waals surface area (Å²) in [5.74, 6) is 0.416. The maximum atomic E-state index is 12.7. The van der Waals surface area contributed by atoms with Gasteiger partial charge in [-0.3, -0.25) is 4.79 Å². The lowest BCUT2D eigenvalue weighted by Gasteiger charge is -2.08. The van der Waals surface area contributed by atoms with Crippen LogP contribution in [0.4, 0.5) is 5.00 Å². The van der Waals surface area contributed by atoms with E-state index in [1.807, 2.05) is 16.0 Å². The molecule has 0 spiro atoms. The second-order valence-electron chi connectivity index (χ2n) is 6.94. The molecular weight excluding hydrogens is 452 g/mol. The van der Waals surface area contributed by atoms with Crippen molar-refractivity contribution in [3.63, 3.8) is 0 Å². The summed E-state index contributed by atoms with van der Waals surface area (Å²) >= 11 is 4.47. The van der Waals surface area contributed by atoms with Crippen LogP contribution in [0.1, 0.15) is 37.9 Å². The van der Waals surface area contributed by atoms with Gasteiger partial charge in [-0.1, -0.05) is 23.9 Å². The number of thioether (sulfide) groups is 1. The van der Waals surface area contributed by atoms with Gasteiger partial charge >= 0.3 is 5.97 Å². The third-order valence-corrected chi connectivity index (χ3v) is 7.96. The predicted molar refractivity (Wildman–Crippen MR) is 124 cm³/mol. The number of carbonyl (C=O) groups is 2. The van der Waals surface area contributed by atoms with Gasteiger partial charge in [-0.05, 0) is 36.3 Å². The lowest BCUT2D eigenvalue weighted by atomic mass is 10.1. The van der Waals surface area contributed by atoms with Crippen molar-refractivity contribution in [2.24, 2.45) is 0 Å². The molecule has 162 valence electrons. The number of anilines is 1. The van der Waals surface area contributed by atoms with E-state index in [-0.39, 0.29) is 11.7 Å². The topological polar surface area (TPSA) is 86.1 Å². The minimum atomic E-state index is -0.397. The molecule has 1 amide bonds. The zero-order chi connectivity index (χ0) is 21.8. The highest BCUT2D eigenvalue weighted by Crippen LogP contribution is 2.39. The van der Waals surface area contributed by atoms with Gasteiger partial charge in [-0.15, -0.1) is 39.4 Å². The molecule has 0 fully saturated rings. The van der Waals surface area contributed by atoms with Crippen LogP contribution in [-0.4, -0.2) is 39.5 Å². The number of nitrogens with zero attached hydrogens (tertiary/aromatic N) is 3. The molecule has 31 heavy (non-hydrogen) atoms. The lowest BCUT2D eigenvalue weighted by Crippen LogP contribution is -2.16. The summed E-state index contributed by atoms with van der Waals surface area (Å²) < 4.78 is 6.92. The maximum Gasteiger partial charge on any atom is 0.341 e. The van der Waals surface area contributed by atoms with E-state index in [9.17, 15) is 9.59 Å². The summed E-state index contributed by atoms with van der Waals surface area (Å²) in [6.07, 6.45) is 5.29. The van der Waals surface area contributed by atoms with Crippen molar-refractivity contribution in [1.82, 2.24) is 14.8 Å². The Labute approximate surface area is 192 Å². The fraction of sp³-hybridized carbons (Fsp3) is 0.333.